The molecule has 2 aromatic heterocycles. The van der Waals surface area contributed by atoms with Gasteiger partial charge in [0.05, 0.1) is 19.0 Å². The second-order valence-electron chi connectivity index (χ2n) is 5.76. The smallest absolute Gasteiger partial charge is 0.261 e. The molecule has 6 heteroatoms. The van der Waals surface area contributed by atoms with Gasteiger partial charge in [-0.3, -0.25) is 4.79 Å². The minimum atomic E-state index is -0.275. The first-order chi connectivity index (χ1) is 9.82. The highest BCUT2D eigenvalue weighted by atomic mass is 16.5. The molecule has 1 amide bonds. The minimum absolute atomic E-state index is 0.259. The quantitative estimate of drug-likeness (QED) is 0.940. The van der Waals surface area contributed by atoms with Crippen LogP contribution in [-0.4, -0.2) is 23.2 Å². The highest BCUT2D eigenvalue weighted by molar-refractivity contribution is 6.05. The molecule has 2 heterocycles. The maximum absolute atomic E-state index is 12.4. The van der Waals surface area contributed by atoms with E-state index in [0.29, 0.717) is 28.6 Å². The molecule has 0 spiro atoms. The summed E-state index contributed by atoms with van der Waals surface area (Å²) < 4.78 is 10.2. The van der Waals surface area contributed by atoms with E-state index in [1.54, 1.807) is 19.1 Å². The molecule has 2 rings (SSSR count). The molecular formula is C15H19N3O3. The van der Waals surface area contributed by atoms with Gasteiger partial charge in [0.2, 0.25) is 5.88 Å². The number of carbonyl (C=O) groups is 1. The van der Waals surface area contributed by atoms with Crippen molar-refractivity contribution in [2.24, 2.45) is 0 Å². The number of amides is 1. The number of hydrogen-bond acceptors (Lipinski definition) is 5. The van der Waals surface area contributed by atoms with Crippen LogP contribution in [0.25, 0.3) is 0 Å². The zero-order chi connectivity index (χ0) is 15.6. The summed E-state index contributed by atoms with van der Waals surface area (Å²) in [5.74, 6) is 0.731. The van der Waals surface area contributed by atoms with E-state index in [4.69, 9.17) is 9.26 Å². The lowest BCUT2D eigenvalue weighted by Crippen LogP contribution is -2.21. The zero-order valence-corrected chi connectivity index (χ0v) is 12.9. The van der Waals surface area contributed by atoms with E-state index in [9.17, 15) is 4.79 Å². The Bertz CT molecular complexity index is 639. The van der Waals surface area contributed by atoms with Gasteiger partial charge in [0.15, 0.2) is 0 Å². The molecule has 0 saturated carbocycles. The monoisotopic (exact) mass is 289 g/mol. The molecule has 0 fully saturated rings. The molecule has 0 unspecified atom stereocenters. The number of nitrogens with one attached hydrogen (secondary N) is 1. The summed E-state index contributed by atoms with van der Waals surface area (Å²) in [6, 6.07) is 3.41. The second kappa shape index (κ2) is 5.55. The van der Waals surface area contributed by atoms with Crippen LogP contribution in [0.4, 0.5) is 5.69 Å². The van der Waals surface area contributed by atoms with E-state index in [2.05, 4.69) is 15.5 Å². The molecule has 0 radical (unpaired) electrons. The topological polar surface area (TPSA) is 77.2 Å². The normalized spacial score (nSPS) is 11.3. The fourth-order valence-corrected chi connectivity index (χ4v) is 1.92. The Hall–Kier alpha value is -2.37. The van der Waals surface area contributed by atoms with Crippen LogP contribution in [0.3, 0.4) is 0 Å². The van der Waals surface area contributed by atoms with Gasteiger partial charge in [-0.2, -0.15) is 0 Å². The first-order valence-electron chi connectivity index (χ1n) is 6.61. The molecule has 112 valence electrons. The summed E-state index contributed by atoms with van der Waals surface area (Å²) >= 11 is 0. The summed E-state index contributed by atoms with van der Waals surface area (Å²) in [5.41, 5.74) is 1.42. The number of hydrogen-bond donors (Lipinski definition) is 1. The number of aryl methyl sites for hydroxylation is 1. The molecule has 0 aromatic carbocycles. The van der Waals surface area contributed by atoms with Gasteiger partial charge in [-0.25, -0.2) is 4.98 Å². The van der Waals surface area contributed by atoms with Gasteiger partial charge < -0.3 is 14.6 Å². The van der Waals surface area contributed by atoms with Crippen molar-refractivity contribution in [3.05, 3.63) is 35.3 Å². The molecule has 0 aliphatic carbocycles. The zero-order valence-electron chi connectivity index (χ0n) is 12.9. The summed E-state index contributed by atoms with van der Waals surface area (Å²) in [7, 11) is 1.54. The molecule has 0 aliphatic rings. The molecular weight excluding hydrogens is 270 g/mol. The fourth-order valence-electron chi connectivity index (χ4n) is 1.92. The van der Waals surface area contributed by atoms with Crippen LogP contribution in [0.15, 0.2) is 22.9 Å². The number of carbonyl (C=O) groups excluding carboxylic acids is 1. The number of anilines is 1. The van der Waals surface area contributed by atoms with Crippen LogP contribution < -0.4 is 10.1 Å². The SMILES string of the molecule is COc1ccc(NC(=O)c2c(C(C)(C)C)noc2C)cn1. The lowest BCUT2D eigenvalue weighted by atomic mass is 9.88. The van der Waals surface area contributed by atoms with Crippen LogP contribution in [0.2, 0.25) is 0 Å². The Morgan fingerprint density at radius 3 is 2.57 bits per heavy atom. The Balaban J connectivity index is 2.26. The van der Waals surface area contributed by atoms with Gasteiger partial charge >= 0.3 is 0 Å². The van der Waals surface area contributed by atoms with Crippen LogP contribution >= 0.6 is 0 Å². The number of aromatic nitrogens is 2. The maximum atomic E-state index is 12.4. The maximum Gasteiger partial charge on any atom is 0.261 e. The molecule has 1 N–H and O–H groups in total. The highest BCUT2D eigenvalue weighted by Gasteiger charge is 2.28. The third-order valence-corrected chi connectivity index (χ3v) is 3.00. The van der Waals surface area contributed by atoms with E-state index in [-0.39, 0.29) is 11.3 Å². The lowest BCUT2D eigenvalue weighted by Gasteiger charge is -2.16. The molecule has 6 nitrogen and oxygen atoms in total. The highest BCUT2D eigenvalue weighted by Crippen LogP contribution is 2.27. The Labute approximate surface area is 123 Å². The lowest BCUT2D eigenvalue weighted by molar-refractivity contribution is 0.102. The molecule has 0 saturated heterocycles. The predicted octanol–water partition coefficient (Wildman–Crippen LogP) is 2.94. The fraction of sp³-hybridized carbons (Fsp3) is 0.400. The largest absolute Gasteiger partial charge is 0.481 e. The standard InChI is InChI=1S/C15H19N3O3/c1-9-12(13(18-21-9)15(2,3)4)14(19)17-10-6-7-11(20-5)16-8-10/h6-8H,1-5H3,(H,17,19). The Morgan fingerprint density at radius 2 is 2.05 bits per heavy atom. The number of pyridine rings is 1. The van der Waals surface area contributed by atoms with Crippen molar-refractivity contribution in [1.29, 1.82) is 0 Å². The predicted molar refractivity (Wildman–Crippen MR) is 78.7 cm³/mol. The summed E-state index contributed by atoms with van der Waals surface area (Å²) in [4.78, 5) is 16.5. The van der Waals surface area contributed by atoms with Gasteiger partial charge in [0.1, 0.15) is 17.0 Å². The summed E-state index contributed by atoms with van der Waals surface area (Å²) in [5, 5.41) is 6.80. The summed E-state index contributed by atoms with van der Waals surface area (Å²) in [6.45, 7) is 7.67. The van der Waals surface area contributed by atoms with Gasteiger partial charge in [-0.15, -0.1) is 0 Å². The van der Waals surface area contributed by atoms with Crippen molar-refractivity contribution in [2.75, 3.05) is 12.4 Å². The van der Waals surface area contributed by atoms with Crippen molar-refractivity contribution in [3.63, 3.8) is 0 Å². The van der Waals surface area contributed by atoms with Crippen molar-refractivity contribution in [1.82, 2.24) is 10.1 Å². The number of nitrogens with zero attached hydrogens (tertiary/aromatic N) is 2. The molecule has 0 aliphatic heterocycles. The van der Waals surface area contributed by atoms with E-state index in [0.717, 1.165) is 0 Å². The molecule has 0 atom stereocenters. The van der Waals surface area contributed by atoms with Gasteiger partial charge in [-0.05, 0) is 13.0 Å². The van der Waals surface area contributed by atoms with Crippen molar-refractivity contribution < 1.29 is 14.1 Å². The van der Waals surface area contributed by atoms with Crippen molar-refractivity contribution >= 4 is 11.6 Å². The average molecular weight is 289 g/mol. The van der Waals surface area contributed by atoms with Crippen LogP contribution in [0.5, 0.6) is 5.88 Å². The molecule has 21 heavy (non-hydrogen) atoms. The third-order valence-electron chi connectivity index (χ3n) is 3.00. The van der Waals surface area contributed by atoms with Gasteiger partial charge in [0.25, 0.3) is 5.91 Å². The van der Waals surface area contributed by atoms with Crippen LogP contribution in [0, 0.1) is 6.92 Å². The molecule has 2 aromatic rings. The Kier molecular flexibility index (Phi) is 3.97. The van der Waals surface area contributed by atoms with E-state index < -0.39 is 0 Å². The second-order valence-corrected chi connectivity index (χ2v) is 5.76. The van der Waals surface area contributed by atoms with Crippen LogP contribution in [0.1, 0.15) is 42.6 Å². The Morgan fingerprint density at radius 1 is 1.33 bits per heavy atom. The number of ether oxygens (including phenoxy) is 1. The number of methoxy groups -OCH3 is 1. The number of rotatable bonds is 3. The van der Waals surface area contributed by atoms with E-state index in [1.165, 1.54) is 13.3 Å². The first kappa shape index (κ1) is 15.0. The van der Waals surface area contributed by atoms with Crippen molar-refractivity contribution in [2.45, 2.75) is 33.1 Å². The van der Waals surface area contributed by atoms with E-state index in [1.807, 2.05) is 20.8 Å². The van der Waals surface area contributed by atoms with Crippen molar-refractivity contribution in [3.8, 4) is 5.88 Å². The minimum Gasteiger partial charge on any atom is -0.481 e. The van der Waals surface area contributed by atoms with Gasteiger partial charge in [0, 0.05) is 11.5 Å². The van der Waals surface area contributed by atoms with E-state index >= 15 is 0 Å². The molecule has 0 bridgehead atoms. The summed E-state index contributed by atoms with van der Waals surface area (Å²) in [6.07, 6.45) is 1.54. The van der Waals surface area contributed by atoms with Gasteiger partial charge in [-0.1, -0.05) is 25.9 Å². The average Bonchev–Trinajstić information content (AvgIpc) is 2.81. The van der Waals surface area contributed by atoms with Crippen LogP contribution in [-0.2, 0) is 5.41 Å². The first-order valence-corrected chi connectivity index (χ1v) is 6.61. The third kappa shape index (κ3) is 3.21.